The average molecular weight is 271 g/mol. The fourth-order valence-electron chi connectivity index (χ4n) is 2.78. The first kappa shape index (κ1) is 12.9. The van der Waals surface area contributed by atoms with Gasteiger partial charge in [0, 0.05) is 18.5 Å². The summed E-state index contributed by atoms with van der Waals surface area (Å²) in [6, 6.07) is 9.05. The summed E-state index contributed by atoms with van der Waals surface area (Å²) in [5, 5.41) is 2.92. The second kappa shape index (κ2) is 5.49. The van der Waals surface area contributed by atoms with Crippen molar-refractivity contribution in [3.05, 3.63) is 47.2 Å². The van der Waals surface area contributed by atoms with Crippen molar-refractivity contribution in [1.29, 1.82) is 0 Å². The van der Waals surface area contributed by atoms with E-state index in [1.165, 1.54) is 5.57 Å². The number of allylic oxidation sites excluding steroid dienone is 1. The minimum Gasteiger partial charge on any atom is -0.458 e. The molecule has 1 aliphatic heterocycles. The molecule has 0 aromatic heterocycles. The van der Waals surface area contributed by atoms with Crippen LogP contribution in [0.4, 0.5) is 0 Å². The van der Waals surface area contributed by atoms with E-state index >= 15 is 0 Å². The molecule has 104 valence electrons. The van der Waals surface area contributed by atoms with Crippen molar-refractivity contribution in [2.45, 2.75) is 38.2 Å². The van der Waals surface area contributed by atoms with Gasteiger partial charge in [-0.2, -0.15) is 0 Å². The Morgan fingerprint density at radius 3 is 2.75 bits per heavy atom. The number of carbonyl (C=O) groups is 2. The van der Waals surface area contributed by atoms with Crippen LogP contribution in [0.25, 0.3) is 0 Å². The van der Waals surface area contributed by atoms with Crippen LogP contribution in [0.5, 0.6) is 0 Å². The van der Waals surface area contributed by atoms with Crippen LogP contribution in [0.15, 0.2) is 41.6 Å². The zero-order valence-electron chi connectivity index (χ0n) is 11.2. The smallest absolute Gasteiger partial charge is 0.338 e. The third-order valence-electron chi connectivity index (χ3n) is 3.84. The number of hydrogen-bond donors (Lipinski definition) is 1. The summed E-state index contributed by atoms with van der Waals surface area (Å²) >= 11 is 0. The van der Waals surface area contributed by atoms with Crippen molar-refractivity contribution in [2.24, 2.45) is 0 Å². The number of hydrogen-bond acceptors (Lipinski definition) is 3. The lowest BCUT2D eigenvalue weighted by atomic mass is 9.88. The van der Waals surface area contributed by atoms with Crippen LogP contribution >= 0.6 is 0 Å². The molecule has 1 aromatic carbocycles. The summed E-state index contributed by atoms with van der Waals surface area (Å²) in [6.45, 7) is 0. The van der Waals surface area contributed by atoms with Gasteiger partial charge in [-0.3, -0.25) is 4.79 Å². The summed E-state index contributed by atoms with van der Waals surface area (Å²) < 4.78 is 5.57. The zero-order chi connectivity index (χ0) is 13.9. The maximum Gasteiger partial charge on any atom is 0.338 e. The second-order valence-corrected chi connectivity index (χ2v) is 5.27. The maximum absolute atomic E-state index is 12.0. The van der Waals surface area contributed by atoms with E-state index in [2.05, 4.69) is 5.32 Å². The van der Waals surface area contributed by atoms with Crippen molar-refractivity contribution in [1.82, 2.24) is 5.32 Å². The summed E-state index contributed by atoms with van der Waals surface area (Å²) in [5.74, 6) is -0.164. The Morgan fingerprint density at radius 2 is 1.95 bits per heavy atom. The van der Waals surface area contributed by atoms with Gasteiger partial charge in [0.2, 0.25) is 5.91 Å². The van der Waals surface area contributed by atoms with Crippen molar-refractivity contribution < 1.29 is 14.3 Å². The topological polar surface area (TPSA) is 55.4 Å². The number of nitrogens with one attached hydrogen (secondary N) is 1. The average Bonchev–Trinajstić information content (AvgIpc) is 2.48. The lowest BCUT2D eigenvalue weighted by Crippen LogP contribution is -2.33. The minimum absolute atomic E-state index is 0.0727. The first-order valence-corrected chi connectivity index (χ1v) is 6.99. The summed E-state index contributed by atoms with van der Waals surface area (Å²) in [7, 11) is 0. The van der Waals surface area contributed by atoms with Gasteiger partial charge in [0.25, 0.3) is 0 Å². The molecule has 0 spiro atoms. The van der Waals surface area contributed by atoms with Gasteiger partial charge in [0.05, 0.1) is 5.56 Å². The van der Waals surface area contributed by atoms with Crippen LogP contribution in [0, 0.1) is 0 Å². The van der Waals surface area contributed by atoms with Gasteiger partial charge in [-0.1, -0.05) is 18.2 Å². The molecular formula is C16H17NO3. The molecule has 2 aliphatic rings. The summed E-state index contributed by atoms with van der Waals surface area (Å²) in [6.07, 6.45) is 3.56. The Hall–Kier alpha value is -2.10. The number of rotatable bonds is 2. The summed E-state index contributed by atoms with van der Waals surface area (Å²) in [5.41, 5.74) is 2.87. The summed E-state index contributed by atoms with van der Waals surface area (Å²) in [4.78, 5) is 23.3. The van der Waals surface area contributed by atoms with E-state index in [0.29, 0.717) is 12.0 Å². The molecule has 4 heteroatoms. The molecule has 0 unspecified atom stereocenters. The SMILES string of the molecule is O=C1CCC2=C(CC[C@H](OC(=O)c3ccccc3)C2)N1. The van der Waals surface area contributed by atoms with Gasteiger partial charge >= 0.3 is 5.97 Å². The van der Waals surface area contributed by atoms with Crippen molar-refractivity contribution in [2.75, 3.05) is 0 Å². The van der Waals surface area contributed by atoms with Gasteiger partial charge < -0.3 is 10.1 Å². The van der Waals surface area contributed by atoms with E-state index in [9.17, 15) is 9.59 Å². The van der Waals surface area contributed by atoms with E-state index in [0.717, 1.165) is 31.4 Å². The van der Waals surface area contributed by atoms with Crippen LogP contribution in [-0.2, 0) is 9.53 Å². The molecule has 1 amide bonds. The van der Waals surface area contributed by atoms with Crippen LogP contribution < -0.4 is 5.32 Å². The van der Waals surface area contributed by atoms with Crippen LogP contribution in [-0.4, -0.2) is 18.0 Å². The largest absolute Gasteiger partial charge is 0.458 e. The highest BCUT2D eigenvalue weighted by atomic mass is 16.5. The maximum atomic E-state index is 12.0. The predicted molar refractivity (Wildman–Crippen MR) is 73.9 cm³/mol. The van der Waals surface area contributed by atoms with E-state index < -0.39 is 0 Å². The molecule has 0 saturated carbocycles. The van der Waals surface area contributed by atoms with E-state index in [1.54, 1.807) is 12.1 Å². The molecule has 1 atom stereocenters. The Labute approximate surface area is 117 Å². The Morgan fingerprint density at radius 1 is 1.15 bits per heavy atom. The minimum atomic E-state index is -0.264. The molecule has 1 aliphatic carbocycles. The quantitative estimate of drug-likeness (QED) is 0.841. The van der Waals surface area contributed by atoms with E-state index in [4.69, 9.17) is 4.74 Å². The first-order chi connectivity index (χ1) is 9.72. The van der Waals surface area contributed by atoms with Crippen LogP contribution in [0.3, 0.4) is 0 Å². The fourth-order valence-corrected chi connectivity index (χ4v) is 2.78. The number of ether oxygens (including phenoxy) is 1. The molecule has 0 fully saturated rings. The standard InChI is InChI=1S/C16H17NO3/c18-15-9-6-12-10-13(7-8-14(12)17-15)20-16(19)11-4-2-1-3-5-11/h1-5,13H,6-10H2,(H,17,18)/t13-/m0/s1. The first-order valence-electron chi connectivity index (χ1n) is 6.99. The number of amides is 1. The molecule has 4 nitrogen and oxygen atoms in total. The Balaban J connectivity index is 1.63. The molecular weight excluding hydrogens is 254 g/mol. The highest BCUT2D eigenvalue weighted by Gasteiger charge is 2.27. The van der Waals surface area contributed by atoms with Crippen molar-refractivity contribution >= 4 is 11.9 Å². The zero-order valence-corrected chi connectivity index (χ0v) is 11.2. The van der Waals surface area contributed by atoms with E-state index in [1.807, 2.05) is 18.2 Å². The molecule has 20 heavy (non-hydrogen) atoms. The molecule has 0 radical (unpaired) electrons. The van der Waals surface area contributed by atoms with Crippen molar-refractivity contribution in [3.8, 4) is 0 Å². The molecule has 0 saturated heterocycles. The lowest BCUT2D eigenvalue weighted by Gasteiger charge is -2.30. The molecule has 3 rings (SSSR count). The number of carbonyl (C=O) groups excluding carboxylic acids is 2. The van der Waals surface area contributed by atoms with Gasteiger partial charge in [-0.05, 0) is 37.0 Å². The van der Waals surface area contributed by atoms with Gasteiger partial charge in [-0.25, -0.2) is 4.79 Å². The number of esters is 1. The molecule has 1 N–H and O–H groups in total. The van der Waals surface area contributed by atoms with Gasteiger partial charge in [0.15, 0.2) is 0 Å². The lowest BCUT2D eigenvalue weighted by molar-refractivity contribution is -0.121. The van der Waals surface area contributed by atoms with Gasteiger partial charge in [-0.15, -0.1) is 0 Å². The monoisotopic (exact) mass is 271 g/mol. The molecule has 1 aromatic rings. The predicted octanol–water partition coefficient (Wildman–Crippen LogP) is 2.56. The second-order valence-electron chi connectivity index (χ2n) is 5.27. The Kier molecular flexibility index (Phi) is 3.54. The number of benzene rings is 1. The fraction of sp³-hybridized carbons (Fsp3) is 0.375. The highest BCUT2D eigenvalue weighted by molar-refractivity contribution is 5.89. The van der Waals surface area contributed by atoms with Crippen LogP contribution in [0.2, 0.25) is 0 Å². The molecule has 1 heterocycles. The third kappa shape index (κ3) is 2.74. The Bertz CT molecular complexity index is 562. The normalized spacial score (nSPS) is 22.0. The van der Waals surface area contributed by atoms with E-state index in [-0.39, 0.29) is 18.0 Å². The highest BCUT2D eigenvalue weighted by Crippen LogP contribution is 2.31. The van der Waals surface area contributed by atoms with Crippen molar-refractivity contribution in [3.63, 3.8) is 0 Å². The molecule has 0 bridgehead atoms. The van der Waals surface area contributed by atoms with Gasteiger partial charge in [0.1, 0.15) is 6.10 Å². The van der Waals surface area contributed by atoms with Crippen LogP contribution in [0.1, 0.15) is 42.5 Å². The third-order valence-corrected chi connectivity index (χ3v) is 3.84.